The molecule has 0 aliphatic rings. The van der Waals surface area contributed by atoms with Crippen LogP contribution in [-0.4, -0.2) is 37.9 Å². The fourth-order valence-electron chi connectivity index (χ4n) is 1.60. The van der Waals surface area contributed by atoms with E-state index in [0.29, 0.717) is 23.4 Å². The van der Waals surface area contributed by atoms with Gasteiger partial charge in [0, 0.05) is 24.5 Å². The van der Waals surface area contributed by atoms with Gasteiger partial charge >= 0.3 is 0 Å². The van der Waals surface area contributed by atoms with Gasteiger partial charge in [-0.15, -0.1) is 5.10 Å². The lowest BCUT2D eigenvalue weighted by Gasteiger charge is -2.11. The molecule has 7 heteroatoms. The van der Waals surface area contributed by atoms with Gasteiger partial charge in [-0.1, -0.05) is 25.6 Å². The number of rotatable bonds is 6. The lowest BCUT2D eigenvalue weighted by molar-refractivity contribution is -0.120. The molecule has 6 nitrogen and oxygen atoms in total. The molecule has 0 fully saturated rings. The number of aromatic nitrogens is 4. The molecular formula is C14H19N5OS. The quantitative estimate of drug-likeness (QED) is 0.799. The van der Waals surface area contributed by atoms with E-state index in [2.05, 4.69) is 39.3 Å². The van der Waals surface area contributed by atoms with Crippen molar-refractivity contribution in [2.45, 2.75) is 31.2 Å². The maximum atomic E-state index is 11.9. The second-order valence-corrected chi connectivity index (χ2v) is 6.41. The number of hydrogen-bond donors (Lipinski definition) is 2. The Morgan fingerprint density at radius 3 is 2.71 bits per heavy atom. The van der Waals surface area contributed by atoms with Gasteiger partial charge in [0.25, 0.3) is 0 Å². The Labute approximate surface area is 128 Å². The van der Waals surface area contributed by atoms with Crippen LogP contribution >= 0.6 is 11.8 Å². The van der Waals surface area contributed by atoms with Gasteiger partial charge in [0.05, 0.1) is 5.25 Å². The van der Waals surface area contributed by atoms with Crippen LogP contribution in [0.1, 0.15) is 20.8 Å². The molecule has 0 aromatic carbocycles. The maximum absolute atomic E-state index is 11.9. The highest BCUT2D eigenvalue weighted by molar-refractivity contribution is 8.00. The molecule has 2 aromatic rings. The summed E-state index contributed by atoms with van der Waals surface area (Å²) in [5, 5.41) is 10.3. The van der Waals surface area contributed by atoms with E-state index >= 15 is 0 Å². The highest BCUT2D eigenvalue weighted by Crippen LogP contribution is 2.22. The first kappa shape index (κ1) is 15.5. The summed E-state index contributed by atoms with van der Waals surface area (Å²) in [5.74, 6) is 1.12. The van der Waals surface area contributed by atoms with E-state index < -0.39 is 0 Å². The molecule has 2 aromatic heterocycles. The van der Waals surface area contributed by atoms with E-state index in [0.717, 1.165) is 5.56 Å². The number of pyridine rings is 1. The number of thioether (sulfide) groups is 1. The number of nitrogens with one attached hydrogen (secondary N) is 2. The van der Waals surface area contributed by atoms with Gasteiger partial charge < -0.3 is 5.32 Å². The summed E-state index contributed by atoms with van der Waals surface area (Å²) in [7, 11) is 0. The monoisotopic (exact) mass is 305 g/mol. The van der Waals surface area contributed by atoms with Crippen molar-refractivity contribution in [3.8, 4) is 11.4 Å². The Kier molecular flexibility index (Phi) is 5.32. The summed E-state index contributed by atoms with van der Waals surface area (Å²) in [6.07, 6.45) is 3.40. The van der Waals surface area contributed by atoms with Gasteiger partial charge in [-0.3, -0.25) is 14.9 Å². The second kappa shape index (κ2) is 7.21. The van der Waals surface area contributed by atoms with Crippen molar-refractivity contribution in [3.63, 3.8) is 0 Å². The number of amides is 1. The fraction of sp³-hybridized carbons (Fsp3) is 0.429. The van der Waals surface area contributed by atoms with Crippen molar-refractivity contribution >= 4 is 17.7 Å². The van der Waals surface area contributed by atoms with Gasteiger partial charge in [0.1, 0.15) is 0 Å². The number of hydrogen-bond acceptors (Lipinski definition) is 5. The average Bonchev–Trinajstić information content (AvgIpc) is 2.94. The molecule has 1 atom stereocenters. The van der Waals surface area contributed by atoms with E-state index in [1.807, 2.05) is 19.1 Å². The third kappa shape index (κ3) is 4.56. The van der Waals surface area contributed by atoms with E-state index in [4.69, 9.17) is 0 Å². The topological polar surface area (TPSA) is 83.6 Å². The van der Waals surface area contributed by atoms with Crippen LogP contribution in [-0.2, 0) is 4.79 Å². The van der Waals surface area contributed by atoms with Crippen molar-refractivity contribution in [1.29, 1.82) is 0 Å². The van der Waals surface area contributed by atoms with Crippen LogP contribution in [0.3, 0.4) is 0 Å². The van der Waals surface area contributed by atoms with Crippen molar-refractivity contribution in [2.75, 3.05) is 6.54 Å². The zero-order valence-corrected chi connectivity index (χ0v) is 13.1. The Bertz CT molecular complexity index is 584. The first-order valence-corrected chi connectivity index (χ1v) is 7.71. The molecule has 0 aliphatic carbocycles. The molecule has 0 saturated heterocycles. The van der Waals surface area contributed by atoms with Crippen molar-refractivity contribution in [1.82, 2.24) is 25.5 Å². The van der Waals surface area contributed by atoms with Gasteiger partial charge in [-0.25, -0.2) is 4.98 Å². The zero-order chi connectivity index (χ0) is 15.2. The van der Waals surface area contributed by atoms with Crippen LogP contribution in [0, 0.1) is 5.92 Å². The highest BCUT2D eigenvalue weighted by Gasteiger charge is 2.17. The molecule has 2 rings (SSSR count). The van der Waals surface area contributed by atoms with Crippen molar-refractivity contribution < 1.29 is 4.79 Å². The van der Waals surface area contributed by atoms with Gasteiger partial charge in [-0.05, 0) is 25.0 Å². The third-order valence-corrected chi connectivity index (χ3v) is 3.72. The minimum atomic E-state index is -0.232. The van der Waals surface area contributed by atoms with Crippen LogP contribution in [0.4, 0.5) is 0 Å². The normalized spacial score (nSPS) is 12.4. The van der Waals surface area contributed by atoms with Gasteiger partial charge in [-0.2, -0.15) is 0 Å². The standard InChI is InChI=1S/C14H19N5OS/c1-9(2)8-16-13(20)10(3)21-14-17-12(18-19-14)11-4-6-15-7-5-11/h4-7,9-10H,8H2,1-3H3,(H,16,20)(H,17,18,19)/t10-/m0/s1. The minimum Gasteiger partial charge on any atom is -0.355 e. The SMILES string of the molecule is CC(C)CNC(=O)[C@H](C)Sc1n[nH]c(-c2ccncc2)n1. The summed E-state index contributed by atoms with van der Waals surface area (Å²) < 4.78 is 0. The Morgan fingerprint density at radius 1 is 1.33 bits per heavy atom. The number of carbonyl (C=O) groups is 1. The first-order chi connectivity index (χ1) is 10.1. The lowest BCUT2D eigenvalue weighted by Crippen LogP contribution is -2.33. The fourth-order valence-corrected chi connectivity index (χ4v) is 2.35. The maximum Gasteiger partial charge on any atom is 0.233 e. The van der Waals surface area contributed by atoms with E-state index in [1.165, 1.54) is 11.8 Å². The minimum absolute atomic E-state index is 0.00367. The molecule has 1 amide bonds. The number of aromatic amines is 1. The molecule has 0 aliphatic heterocycles. The van der Waals surface area contributed by atoms with Crippen molar-refractivity contribution in [2.24, 2.45) is 5.92 Å². The number of carbonyl (C=O) groups excluding carboxylic acids is 1. The van der Waals surface area contributed by atoms with Crippen LogP contribution in [0.15, 0.2) is 29.7 Å². The van der Waals surface area contributed by atoms with Gasteiger partial charge in [0.15, 0.2) is 5.82 Å². The summed E-state index contributed by atoms with van der Waals surface area (Å²) in [6.45, 7) is 6.66. The predicted octanol–water partition coefficient (Wildman–Crippen LogP) is 2.12. The van der Waals surface area contributed by atoms with Crippen molar-refractivity contribution in [3.05, 3.63) is 24.5 Å². The zero-order valence-electron chi connectivity index (χ0n) is 12.3. The molecule has 21 heavy (non-hydrogen) atoms. The van der Waals surface area contributed by atoms with Crippen LogP contribution in [0.2, 0.25) is 0 Å². The molecule has 0 spiro atoms. The number of H-pyrrole nitrogens is 1. The predicted molar refractivity (Wildman–Crippen MR) is 82.8 cm³/mol. The summed E-state index contributed by atoms with van der Waals surface area (Å²) in [4.78, 5) is 20.3. The highest BCUT2D eigenvalue weighted by atomic mass is 32.2. The first-order valence-electron chi connectivity index (χ1n) is 6.83. The van der Waals surface area contributed by atoms with E-state index in [1.54, 1.807) is 12.4 Å². The summed E-state index contributed by atoms with van der Waals surface area (Å²) in [6, 6.07) is 3.71. The molecule has 112 valence electrons. The summed E-state index contributed by atoms with van der Waals surface area (Å²) >= 11 is 1.34. The number of nitrogens with zero attached hydrogens (tertiary/aromatic N) is 3. The molecule has 2 N–H and O–H groups in total. The van der Waals surface area contributed by atoms with Gasteiger partial charge in [0.2, 0.25) is 11.1 Å². The van der Waals surface area contributed by atoms with E-state index in [9.17, 15) is 4.79 Å². The molecule has 0 unspecified atom stereocenters. The smallest absolute Gasteiger partial charge is 0.233 e. The van der Waals surface area contributed by atoms with Crippen LogP contribution in [0.5, 0.6) is 0 Å². The lowest BCUT2D eigenvalue weighted by atomic mass is 10.2. The average molecular weight is 305 g/mol. The largest absolute Gasteiger partial charge is 0.355 e. The summed E-state index contributed by atoms with van der Waals surface area (Å²) in [5.41, 5.74) is 0.918. The molecule has 2 heterocycles. The second-order valence-electron chi connectivity index (χ2n) is 5.10. The third-order valence-electron chi connectivity index (χ3n) is 2.75. The Hall–Kier alpha value is -1.89. The Balaban J connectivity index is 1.95. The molecule has 0 bridgehead atoms. The molecule has 0 saturated carbocycles. The van der Waals surface area contributed by atoms with Crippen LogP contribution < -0.4 is 5.32 Å². The van der Waals surface area contributed by atoms with Crippen LogP contribution in [0.25, 0.3) is 11.4 Å². The van der Waals surface area contributed by atoms with E-state index in [-0.39, 0.29) is 11.2 Å². The molecule has 0 radical (unpaired) electrons. The Morgan fingerprint density at radius 2 is 2.05 bits per heavy atom. The molecular weight excluding hydrogens is 286 g/mol.